The molecule has 4 aliphatic rings. The van der Waals surface area contributed by atoms with Crippen molar-refractivity contribution in [1.29, 1.82) is 0 Å². The van der Waals surface area contributed by atoms with Crippen molar-refractivity contribution in [2.45, 2.75) is 44.4 Å². The van der Waals surface area contributed by atoms with Gasteiger partial charge in [0.05, 0.1) is 0 Å². The highest BCUT2D eigenvalue weighted by molar-refractivity contribution is 7.20. The Morgan fingerprint density at radius 1 is 0.914 bits per heavy atom. The number of hydrogen-bond donors (Lipinski definition) is 0. The van der Waals surface area contributed by atoms with E-state index in [-0.39, 0.29) is 5.41 Å². The summed E-state index contributed by atoms with van der Waals surface area (Å²) in [5.41, 5.74) is 12.8. The molecular formula is C33H27NS. The summed E-state index contributed by atoms with van der Waals surface area (Å²) >= 11 is 2.00. The molecule has 0 N–H and O–H groups in total. The molecule has 1 atom stereocenters. The summed E-state index contributed by atoms with van der Waals surface area (Å²) in [6, 6.07) is 23.1. The van der Waals surface area contributed by atoms with Crippen LogP contribution in [0.1, 0.15) is 54.2 Å². The summed E-state index contributed by atoms with van der Waals surface area (Å²) in [6.07, 6.45) is 12.9. The topological polar surface area (TPSA) is 3.24 Å². The van der Waals surface area contributed by atoms with Crippen molar-refractivity contribution in [3.8, 4) is 11.1 Å². The number of hydrogen-bond acceptors (Lipinski definition) is 2. The maximum absolute atomic E-state index is 2.57. The monoisotopic (exact) mass is 469 g/mol. The molecule has 4 aromatic rings. The Labute approximate surface area is 210 Å². The molecule has 2 aliphatic carbocycles. The van der Waals surface area contributed by atoms with Gasteiger partial charge in [-0.1, -0.05) is 80.6 Å². The first kappa shape index (κ1) is 19.9. The van der Waals surface area contributed by atoms with Crippen molar-refractivity contribution >= 4 is 38.9 Å². The van der Waals surface area contributed by atoms with E-state index < -0.39 is 0 Å². The van der Waals surface area contributed by atoms with Crippen LogP contribution >= 0.6 is 11.3 Å². The molecule has 3 aromatic carbocycles. The lowest BCUT2D eigenvalue weighted by molar-refractivity contribution is 0.598. The Morgan fingerprint density at radius 3 is 2.77 bits per heavy atom. The summed E-state index contributed by atoms with van der Waals surface area (Å²) in [4.78, 5) is 4.11. The first-order valence-corrected chi connectivity index (χ1v) is 13.6. The second-order valence-corrected chi connectivity index (χ2v) is 11.9. The van der Waals surface area contributed by atoms with Crippen LogP contribution in [0, 0.1) is 0 Å². The highest BCUT2D eigenvalue weighted by Crippen LogP contribution is 2.60. The third kappa shape index (κ3) is 2.53. The number of thiophene rings is 1. The van der Waals surface area contributed by atoms with Crippen LogP contribution in [0.3, 0.4) is 0 Å². The molecular weight excluding hydrogens is 442 g/mol. The molecule has 170 valence electrons. The second-order valence-electron chi connectivity index (χ2n) is 10.8. The minimum absolute atomic E-state index is 0.0115. The number of para-hydroxylation sites is 1. The number of rotatable bonds is 1. The maximum Gasteiger partial charge on any atom is 0.0499 e. The molecule has 0 saturated heterocycles. The third-order valence-electron chi connectivity index (χ3n) is 8.60. The molecule has 1 aromatic heterocycles. The lowest BCUT2D eigenvalue weighted by Crippen LogP contribution is -2.33. The second kappa shape index (κ2) is 6.86. The van der Waals surface area contributed by atoms with Gasteiger partial charge in [-0.3, -0.25) is 0 Å². The van der Waals surface area contributed by atoms with Crippen molar-refractivity contribution < 1.29 is 0 Å². The van der Waals surface area contributed by atoms with Gasteiger partial charge in [0.1, 0.15) is 0 Å². The quantitative estimate of drug-likeness (QED) is 0.268. The Bertz CT molecular complexity index is 1660. The van der Waals surface area contributed by atoms with Crippen LogP contribution in [0.4, 0.5) is 11.4 Å². The number of fused-ring (bicyclic) bond motifs is 8. The van der Waals surface area contributed by atoms with Gasteiger partial charge in [0.2, 0.25) is 0 Å². The average Bonchev–Trinajstić information content (AvgIpc) is 3.43. The maximum atomic E-state index is 2.57. The van der Waals surface area contributed by atoms with E-state index in [0.717, 1.165) is 12.8 Å². The molecule has 3 heterocycles. The standard InChI is InChI=1S/C33H27NS/c1-33(2)26-13-4-5-15-29(26)34-28-18-17-20(19-25(28)23-11-8-14-27(33)31(23)34)21-10-7-12-24-22-9-3-6-16-30(22)35-32(21)24/h3-5,7-10,12-15,17-19,23H,6,11,16H2,1-2H3. The van der Waals surface area contributed by atoms with Crippen LogP contribution in [-0.2, 0) is 11.8 Å². The number of anilines is 2. The van der Waals surface area contributed by atoms with Gasteiger partial charge in [-0.25, -0.2) is 0 Å². The summed E-state index contributed by atoms with van der Waals surface area (Å²) < 4.78 is 1.44. The van der Waals surface area contributed by atoms with E-state index in [1.165, 1.54) is 67.0 Å². The van der Waals surface area contributed by atoms with Gasteiger partial charge in [0.25, 0.3) is 0 Å². The Balaban J connectivity index is 1.35. The fraction of sp³-hybridized carbons (Fsp3) is 0.212. The van der Waals surface area contributed by atoms with Gasteiger partial charge < -0.3 is 4.90 Å². The highest BCUT2D eigenvalue weighted by Gasteiger charge is 2.46. The Kier molecular flexibility index (Phi) is 3.90. The number of allylic oxidation sites excluding steroid dienone is 5. The normalized spacial score (nSPS) is 20.6. The molecule has 35 heavy (non-hydrogen) atoms. The smallest absolute Gasteiger partial charge is 0.0499 e. The van der Waals surface area contributed by atoms with E-state index >= 15 is 0 Å². The molecule has 1 nitrogen and oxygen atoms in total. The van der Waals surface area contributed by atoms with Gasteiger partial charge in [-0.05, 0) is 70.9 Å². The van der Waals surface area contributed by atoms with Crippen LogP contribution in [0.2, 0.25) is 0 Å². The number of benzene rings is 3. The zero-order valence-electron chi connectivity index (χ0n) is 20.1. The number of nitrogens with zero attached hydrogens (tertiary/aromatic N) is 1. The van der Waals surface area contributed by atoms with Crippen LogP contribution in [0.25, 0.3) is 27.3 Å². The van der Waals surface area contributed by atoms with Crippen molar-refractivity contribution in [1.82, 2.24) is 0 Å². The van der Waals surface area contributed by atoms with Gasteiger partial charge in [0.15, 0.2) is 0 Å². The Morgan fingerprint density at radius 2 is 1.83 bits per heavy atom. The predicted molar refractivity (Wildman–Crippen MR) is 150 cm³/mol. The zero-order chi connectivity index (χ0) is 23.3. The summed E-state index contributed by atoms with van der Waals surface area (Å²) in [5, 5.41) is 1.41. The van der Waals surface area contributed by atoms with Crippen molar-refractivity contribution in [2.75, 3.05) is 4.90 Å². The van der Waals surface area contributed by atoms with Gasteiger partial charge in [0, 0.05) is 43.4 Å². The minimum Gasteiger partial charge on any atom is -0.313 e. The lowest BCUT2D eigenvalue weighted by atomic mass is 9.70. The highest BCUT2D eigenvalue weighted by atomic mass is 32.1. The number of aryl methyl sites for hydroxylation is 1. The van der Waals surface area contributed by atoms with Crippen LogP contribution in [0.5, 0.6) is 0 Å². The average molecular weight is 470 g/mol. The van der Waals surface area contributed by atoms with Crippen molar-refractivity contribution in [2.24, 2.45) is 0 Å². The predicted octanol–water partition coefficient (Wildman–Crippen LogP) is 9.27. The zero-order valence-corrected chi connectivity index (χ0v) is 21.0. The van der Waals surface area contributed by atoms with E-state index in [2.05, 4.69) is 104 Å². The van der Waals surface area contributed by atoms with Crippen molar-refractivity contribution in [3.05, 3.63) is 112 Å². The molecule has 2 aliphatic heterocycles. The van der Waals surface area contributed by atoms with Crippen LogP contribution < -0.4 is 4.90 Å². The summed E-state index contributed by atoms with van der Waals surface area (Å²) in [5.74, 6) is 0.427. The molecule has 0 bridgehead atoms. The molecule has 0 amide bonds. The SMILES string of the molecule is CC1(C)C2=C3C(CC=C2)c2cc(-c4cccc5c6c(sc45)CCC=C6)ccc2N3c2ccccc21. The molecule has 0 fully saturated rings. The van der Waals surface area contributed by atoms with Crippen molar-refractivity contribution in [3.63, 3.8) is 0 Å². The fourth-order valence-corrected chi connectivity index (χ4v) is 8.26. The van der Waals surface area contributed by atoms with E-state index in [4.69, 9.17) is 0 Å². The largest absolute Gasteiger partial charge is 0.313 e. The van der Waals surface area contributed by atoms with E-state index in [1.807, 2.05) is 11.3 Å². The van der Waals surface area contributed by atoms with Crippen LogP contribution in [0.15, 0.2) is 90.2 Å². The molecule has 8 rings (SSSR count). The lowest BCUT2D eigenvalue weighted by Gasteiger charge is -2.42. The third-order valence-corrected chi connectivity index (χ3v) is 9.92. The molecule has 1 unspecified atom stereocenters. The van der Waals surface area contributed by atoms with E-state index in [1.54, 1.807) is 4.88 Å². The Hall–Kier alpha value is -3.36. The summed E-state index contributed by atoms with van der Waals surface area (Å²) in [6.45, 7) is 4.78. The van der Waals surface area contributed by atoms with Gasteiger partial charge in [-0.2, -0.15) is 0 Å². The molecule has 0 saturated carbocycles. The van der Waals surface area contributed by atoms with E-state index in [0.29, 0.717) is 5.92 Å². The van der Waals surface area contributed by atoms with Crippen LogP contribution in [-0.4, -0.2) is 0 Å². The molecule has 0 radical (unpaired) electrons. The fourth-order valence-electron chi connectivity index (χ4n) is 6.92. The van der Waals surface area contributed by atoms with Gasteiger partial charge >= 0.3 is 0 Å². The van der Waals surface area contributed by atoms with E-state index in [9.17, 15) is 0 Å². The summed E-state index contributed by atoms with van der Waals surface area (Å²) in [7, 11) is 0. The molecule has 0 spiro atoms. The molecule has 2 heteroatoms. The first-order valence-electron chi connectivity index (χ1n) is 12.8. The minimum atomic E-state index is 0.0115. The van der Waals surface area contributed by atoms with Gasteiger partial charge in [-0.15, -0.1) is 11.3 Å². The first-order chi connectivity index (χ1) is 17.1.